The maximum absolute atomic E-state index is 10.3. The van der Waals surface area contributed by atoms with E-state index in [0.717, 1.165) is 12.7 Å². The molecule has 3 N–H and O–H groups in total. The first-order valence-corrected chi connectivity index (χ1v) is 2.85. The van der Waals surface area contributed by atoms with Gasteiger partial charge in [0.05, 0.1) is 11.8 Å². The normalized spacial score (nSPS) is 11.4. The van der Waals surface area contributed by atoms with Crippen LogP contribution in [0.5, 0.6) is 0 Å². The van der Waals surface area contributed by atoms with Gasteiger partial charge in [0.15, 0.2) is 0 Å². The zero-order valence-electron chi connectivity index (χ0n) is 5.42. The molecule has 1 amide bonds. The van der Waals surface area contributed by atoms with Gasteiger partial charge < -0.3 is 10.8 Å². The highest BCUT2D eigenvalue weighted by atomic mass is 16.2. The number of nitrogens with two attached hydrogens (primary N) is 1. The molecule has 0 spiro atoms. The van der Waals surface area contributed by atoms with Crippen LogP contribution in [0.2, 0.25) is 0 Å². The number of hydrogen-bond donors (Lipinski definition) is 2. The Bertz CT molecular complexity index is 129. The Balaban J connectivity index is 3.85. The minimum Gasteiger partial charge on any atom is -0.515 e. The zero-order valence-corrected chi connectivity index (χ0v) is 5.42. The van der Waals surface area contributed by atoms with Crippen LogP contribution >= 0.6 is 0 Å². The van der Waals surface area contributed by atoms with Gasteiger partial charge in [0.25, 0.3) is 0 Å². The van der Waals surface area contributed by atoms with Gasteiger partial charge in [-0.15, -0.1) is 0 Å². The van der Waals surface area contributed by atoms with Crippen molar-refractivity contribution in [1.29, 1.82) is 0 Å². The lowest BCUT2D eigenvalue weighted by Gasteiger charge is -1.95. The molecule has 0 atom stereocenters. The molecule has 52 valence electrons. The van der Waals surface area contributed by atoms with E-state index in [1.54, 1.807) is 0 Å². The van der Waals surface area contributed by atoms with E-state index >= 15 is 0 Å². The van der Waals surface area contributed by atoms with E-state index in [4.69, 9.17) is 10.8 Å². The van der Waals surface area contributed by atoms with Gasteiger partial charge in [0.1, 0.15) is 0 Å². The number of hydrogen-bond acceptors (Lipinski definition) is 2. The third-order valence-electron chi connectivity index (χ3n) is 0.992. The van der Waals surface area contributed by atoms with Crippen molar-refractivity contribution in [2.24, 2.45) is 5.73 Å². The van der Waals surface area contributed by atoms with E-state index in [2.05, 4.69) is 0 Å². The summed E-state index contributed by atoms with van der Waals surface area (Å²) < 4.78 is 0. The van der Waals surface area contributed by atoms with Gasteiger partial charge in [-0.05, 0) is 6.42 Å². The molecule has 0 heterocycles. The van der Waals surface area contributed by atoms with Gasteiger partial charge in [0, 0.05) is 0 Å². The Kier molecular flexibility index (Phi) is 3.51. The van der Waals surface area contributed by atoms with Gasteiger partial charge in [-0.25, -0.2) is 0 Å². The quantitative estimate of drug-likeness (QED) is 0.435. The number of aliphatic hydroxyl groups is 1. The Labute approximate surface area is 54.2 Å². The maximum Gasteiger partial charge on any atom is 0.247 e. The lowest BCUT2D eigenvalue weighted by atomic mass is 10.2. The second-order valence-electron chi connectivity index (χ2n) is 1.77. The van der Waals surface area contributed by atoms with Crippen molar-refractivity contribution in [3.05, 3.63) is 11.8 Å². The fraction of sp³-hybridized carbons (Fsp3) is 0.500. The molecule has 0 aliphatic heterocycles. The summed E-state index contributed by atoms with van der Waals surface area (Å²) in [7, 11) is 0. The van der Waals surface area contributed by atoms with Crippen molar-refractivity contribution in [2.45, 2.75) is 19.8 Å². The van der Waals surface area contributed by atoms with Crippen LogP contribution < -0.4 is 5.73 Å². The van der Waals surface area contributed by atoms with Crippen molar-refractivity contribution in [1.82, 2.24) is 0 Å². The minimum atomic E-state index is -0.542. The Hall–Kier alpha value is -0.990. The smallest absolute Gasteiger partial charge is 0.247 e. The van der Waals surface area contributed by atoms with E-state index in [9.17, 15) is 4.79 Å². The summed E-state index contributed by atoms with van der Waals surface area (Å²) in [5, 5.41) is 8.36. The second-order valence-corrected chi connectivity index (χ2v) is 1.77. The molecule has 0 fully saturated rings. The molecule has 3 nitrogen and oxygen atoms in total. The maximum atomic E-state index is 10.3. The van der Waals surface area contributed by atoms with E-state index in [0.29, 0.717) is 6.42 Å². The van der Waals surface area contributed by atoms with E-state index in [1.807, 2.05) is 6.92 Å². The summed E-state index contributed by atoms with van der Waals surface area (Å²) in [6.45, 7) is 1.91. The highest BCUT2D eigenvalue weighted by Crippen LogP contribution is 2.01. The highest BCUT2D eigenvalue weighted by Gasteiger charge is 2.01. The molecular weight excluding hydrogens is 118 g/mol. The summed E-state index contributed by atoms with van der Waals surface area (Å²) >= 11 is 0. The number of carbonyl (C=O) groups is 1. The molecule has 9 heavy (non-hydrogen) atoms. The van der Waals surface area contributed by atoms with Gasteiger partial charge in [-0.1, -0.05) is 13.3 Å². The number of carbonyl (C=O) groups excluding carboxylic acids is 1. The molecule has 0 rings (SSSR count). The lowest BCUT2D eigenvalue weighted by molar-refractivity contribution is -0.114. The average molecular weight is 129 g/mol. The predicted octanol–water partition coefficient (Wildman–Crippen LogP) is 0.714. The van der Waals surface area contributed by atoms with E-state index in [-0.39, 0.29) is 5.57 Å². The third-order valence-corrected chi connectivity index (χ3v) is 0.992. The summed E-state index contributed by atoms with van der Waals surface area (Å²) in [4.78, 5) is 10.3. The molecule has 0 bridgehead atoms. The van der Waals surface area contributed by atoms with E-state index < -0.39 is 5.91 Å². The Morgan fingerprint density at radius 3 is 2.44 bits per heavy atom. The molecule has 0 aliphatic rings. The number of amides is 1. The molecule has 0 unspecified atom stereocenters. The van der Waals surface area contributed by atoms with Gasteiger partial charge >= 0.3 is 0 Å². The first-order valence-electron chi connectivity index (χ1n) is 2.85. The molecule has 3 heteroatoms. The van der Waals surface area contributed by atoms with Crippen molar-refractivity contribution >= 4 is 5.91 Å². The van der Waals surface area contributed by atoms with Gasteiger partial charge in [-0.2, -0.15) is 0 Å². The number of aliphatic hydroxyl groups excluding tert-OH is 1. The predicted molar refractivity (Wildman–Crippen MR) is 34.8 cm³/mol. The average Bonchev–Trinajstić information content (AvgIpc) is 1.82. The Morgan fingerprint density at radius 2 is 2.33 bits per heavy atom. The van der Waals surface area contributed by atoms with Crippen LogP contribution in [-0.4, -0.2) is 11.0 Å². The first kappa shape index (κ1) is 8.01. The molecule has 0 saturated heterocycles. The van der Waals surface area contributed by atoms with Crippen LogP contribution in [0.4, 0.5) is 0 Å². The van der Waals surface area contributed by atoms with Crippen LogP contribution in [-0.2, 0) is 4.79 Å². The Morgan fingerprint density at radius 1 is 1.78 bits per heavy atom. The van der Waals surface area contributed by atoms with Crippen LogP contribution in [0.25, 0.3) is 0 Å². The van der Waals surface area contributed by atoms with Gasteiger partial charge in [-0.3, -0.25) is 4.79 Å². The molecule has 0 aromatic heterocycles. The van der Waals surface area contributed by atoms with Gasteiger partial charge in [0.2, 0.25) is 5.91 Å². The second kappa shape index (κ2) is 3.95. The molecule has 0 saturated carbocycles. The van der Waals surface area contributed by atoms with Crippen molar-refractivity contribution in [3.63, 3.8) is 0 Å². The van der Waals surface area contributed by atoms with Crippen molar-refractivity contribution in [3.8, 4) is 0 Å². The summed E-state index contributed by atoms with van der Waals surface area (Å²) in [6, 6.07) is 0. The monoisotopic (exact) mass is 129 g/mol. The zero-order chi connectivity index (χ0) is 7.28. The standard InChI is InChI=1S/C6H11NO2/c1-2-3-5(4-8)6(7)9/h4,8H,2-3H2,1H3,(H2,7,9). The third kappa shape index (κ3) is 2.74. The largest absolute Gasteiger partial charge is 0.515 e. The molecule has 0 aromatic rings. The SMILES string of the molecule is CCCC(=CO)C(N)=O. The molecule has 0 aliphatic carbocycles. The minimum absolute atomic E-state index is 0.289. The van der Waals surface area contributed by atoms with Crippen LogP contribution in [0.1, 0.15) is 19.8 Å². The highest BCUT2D eigenvalue weighted by molar-refractivity contribution is 5.91. The number of rotatable bonds is 3. The lowest BCUT2D eigenvalue weighted by Crippen LogP contribution is -2.13. The fourth-order valence-electron chi connectivity index (χ4n) is 0.521. The summed E-state index contributed by atoms with van der Waals surface area (Å²) in [5.41, 5.74) is 5.16. The van der Waals surface area contributed by atoms with E-state index in [1.165, 1.54) is 0 Å². The number of primary amides is 1. The van der Waals surface area contributed by atoms with Crippen LogP contribution in [0, 0.1) is 0 Å². The van der Waals surface area contributed by atoms with Crippen LogP contribution in [0.15, 0.2) is 11.8 Å². The van der Waals surface area contributed by atoms with Crippen LogP contribution in [0.3, 0.4) is 0 Å². The van der Waals surface area contributed by atoms with Crippen molar-refractivity contribution in [2.75, 3.05) is 0 Å². The molecular formula is C6H11NO2. The summed E-state index contributed by atoms with van der Waals surface area (Å²) in [5.74, 6) is -0.542. The first-order chi connectivity index (χ1) is 4.22. The van der Waals surface area contributed by atoms with Crippen molar-refractivity contribution < 1.29 is 9.90 Å². The molecule has 0 aromatic carbocycles. The summed E-state index contributed by atoms with van der Waals surface area (Å²) in [6.07, 6.45) is 2.13. The fourth-order valence-corrected chi connectivity index (χ4v) is 0.521. The topological polar surface area (TPSA) is 63.3 Å². The molecule has 0 radical (unpaired) electrons.